The fourth-order valence-corrected chi connectivity index (χ4v) is 1.67. The molecule has 0 fully saturated rings. The molecule has 2 unspecified atom stereocenters. The molecule has 0 spiro atoms. The van der Waals surface area contributed by atoms with E-state index >= 15 is 0 Å². The minimum absolute atomic E-state index is 0.0604. The molecule has 0 saturated carbocycles. The third kappa shape index (κ3) is 10.2. The molecule has 0 aromatic carbocycles. The van der Waals surface area contributed by atoms with Crippen molar-refractivity contribution < 1.29 is 17.9 Å². The maximum atomic E-state index is 11.7. The molecule has 0 aromatic heterocycles. The Kier molecular flexibility index (Phi) is 7.76. The summed E-state index contributed by atoms with van der Waals surface area (Å²) in [4.78, 5) is 0. The molecule has 0 bridgehead atoms. The van der Waals surface area contributed by atoms with Gasteiger partial charge in [-0.25, -0.2) is 0 Å². The first-order valence-electron chi connectivity index (χ1n) is 5.75. The first kappa shape index (κ1) is 15.7. The van der Waals surface area contributed by atoms with Crippen LogP contribution >= 0.6 is 0 Å². The Morgan fingerprint density at radius 1 is 1.25 bits per heavy atom. The summed E-state index contributed by atoms with van der Waals surface area (Å²) in [6.07, 6.45) is -0.678. The number of alkyl halides is 3. The molecule has 0 radical (unpaired) electrons. The third-order valence-corrected chi connectivity index (χ3v) is 2.39. The fourth-order valence-electron chi connectivity index (χ4n) is 1.67. The minimum atomic E-state index is -4.24. The van der Waals surface area contributed by atoms with Gasteiger partial charge in [-0.2, -0.15) is 13.2 Å². The number of rotatable bonds is 8. The van der Waals surface area contributed by atoms with Crippen molar-refractivity contribution >= 4 is 0 Å². The number of halogens is 3. The highest BCUT2D eigenvalue weighted by Gasteiger charge is 2.27. The van der Waals surface area contributed by atoms with E-state index in [1.54, 1.807) is 0 Å². The zero-order valence-electron chi connectivity index (χ0n) is 10.0. The van der Waals surface area contributed by atoms with E-state index in [2.05, 4.69) is 18.6 Å². The van der Waals surface area contributed by atoms with E-state index in [-0.39, 0.29) is 12.6 Å². The molecule has 0 amide bonds. The molecule has 2 N–H and O–H groups in total. The lowest BCUT2D eigenvalue weighted by molar-refractivity contribution is -0.174. The average molecular weight is 241 g/mol. The fraction of sp³-hybridized carbons (Fsp3) is 1.00. The predicted molar refractivity (Wildman–Crippen MR) is 58.2 cm³/mol. The molecule has 2 nitrogen and oxygen atoms in total. The normalized spacial score (nSPS) is 16.1. The maximum absolute atomic E-state index is 11.7. The third-order valence-electron chi connectivity index (χ3n) is 2.39. The SMILES string of the molecule is CCCC(C)CC(N)CCOCC(F)(F)F. The molecular formula is C11H22F3NO. The van der Waals surface area contributed by atoms with Crippen molar-refractivity contribution in [3.8, 4) is 0 Å². The van der Waals surface area contributed by atoms with Crippen molar-refractivity contribution in [3.63, 3.8) is 0 Å². The summed E-state index contributed by atoms with van der Waals surface area (Å²) in [6, 6.07) is -0.0604. The van der Waals surface area contributed by atoms with Gasteiger partial charge >= 0.3 is 6.18 Å². The van der Waals surface area contributed by atoms with Gasteiger partial charge in [-0.15, -0.1) is 0 Å². The van der Waals surface area contributed by atoms with Crippen LogP contribution in [0.2, 0.25) is 0 Å². The van der Waals surface area contributed by atoms with E-state index in [0.717, 1.165) is 19.3 Å². The van der Waals surface area contributed by atoms with Crippen LogP contribution in [0.5, 0.6) is 0 Å². The van der Waals surface area contributed by atoms with E-state index in [9.17, 15) is 13.2 Å². The zero-order chi connectivity index (χ0) is 12.6. The van der Waals surface area contributed by atoms with Crippen LogP contribution < -0.4 is 5.73 Å². The van der Waals surface area contributed by atoms with Crippen molar-refractivity contribution in [1.82, 2.24) is 0 Å². The number of hydrogen-bond acceptors (Lipinski definition) is 2. The molecule has 0 aliphatic heterocycles. The van der Waals surface area contributed by atoms with Crippen LogP contribution in [0.15, 0.2) is 0 Å². The molecule has 0 aliphatic carbocycles. The van der Waals surface area contributed by atoms with Gasteiger partial charge in [0.15, 0.2) is 0 Å². The summed E-state index contributed by atoms with van der Waals surface area (Å²) < 4.78 is 39.7. The highest BCUT2D eigenvalue weighted by Crippen LogP contribution is 2.16. The highest BCUT2D eigenvalue weighted by molar-refractivity contribution is 4.65. The molecule has 0 aromatic rings. The quantitative estimate of drug-likeness (QED) is 0.663. The van der Waals surface area contributed by atoms with Gasteiger partial charge in [0, 0.05) is 12.6 Å². The Morgan fingerprint density at radius 3 is 2.38 bits per heavy atom. The number of hydrogen-bond donors (Lipinski definition) is 1. The van der Waals surface area contributed by atoms with Gasteiger partial charge in [0.1, 0.15) is 6.61 Å². The second-order valence-corrected chi connectivity index (χ2v) is 4.35. The molecule has 0 saturated heterocycles. The van der Waals surface area contributed by atoms with Crippen molar-refractivity contribution in [2.75, 3.05) is 13.2 Å². The highest BCUT2D eigenvalue weighted by atomic mass is 19.4. The molecule has 0 aliphatic rings. The Balaban J connectivity index is 3.47. The van der Waals surface area contributed by atoms with Crippen LogP contribution in [0, 0.1) is 5.92 Å². The van der Waals surface area contributed by atoms with Crippen molar-refractivity contribution in [3.05, 3.63) is 0 Å². The van der Waals surface area contributed by atoms with Crippen LogP contribution in [0.3, 0.4) is 0 Å². The monoisotopic (exact) mass is 241 g/mol. The number of ether oxygens (including phenoxy) is 1. The van der Waals surface area contributed by atoms with E-state index in [1.807, 2.05) is 0 Å². The Labute approximate surface area is 95.3 Å². The molecule has 16 heavy (non-hydrogen) atoms. The lowest BCUT2D eigenvalue weighted by atomic mass is 9.96. The standard InChI is InChI=1S/C11H22F3NO/c1-3-4-9(2)7-10(15)5-6-16-8-11(12,13)14/h9-10H,3-8,15H2,1-2H3. The van der Waals surface area contributed by atoms with Crippen LogP contribution in [0.4, 0.5) is 13.2 Å². The lowest BCUT2D eigenvalue weighted by Gasteiger charge is -2.16. The molecule has 0 rings (SSSR count). The van der Waals surface area contributed by atoms with Crippen LogP contribution in [-0.2, 0) is 4.74 Å². The van der Waals surface area contributed by atoms with Crippen molar-refractivity contribution in [1.29, 1.82) is 0 Å². The van der Waals surface area contributed by atoms with Crippen LogP contribution in [-0.4, -0.2) is 25.4 Å². The van der Waals surface area contributed by atoms with Gasteiger partial charge in [0.25, 0.3) is 0 Å². The first-order chi connectivity index (χ1) is 7.35. The van der Waals surface area contributed by atoms with E-state index in [4.69, 9.17) is 5.73 Å². The lowest BCUT2D eigenvalue weighted by Crippen LogP contribution is -2.26. The molecule has 0 heterocycles. The van der Waals surface area contributed by atoms with E-state index in [0.29, 0.717) is 12.3 Å². The summed E-state index contributed by atoms with van der Waals surface area (Å²) in [6.45, 7) is 3.12. The summed E-state index contributed by atoms with van der Waals surface area (Å²) in [5.41, 5.74) is 5.79. The molecule has 5 heteroatoms. The first-order valence-corrected chi connectivity index (χ1v) is 5.75. The van der Waals surface area contributed by atoms with Gasteiger partial charge in [0.05, 0.1) is 0 Å². The van der Waals surface area contributed by atoms with Gasteiger partial charge in [-0.1, -0.05) is 26.7 Å². The summed E-state index contributed by atoms with van der Waals surface area (Å²) in [5, 5.41) is 0. The van der Waals surface area contributed by atoms with Gasteiger partial charge in [-0.3, -0.25) is 0 Å². The Hall–Kier alpha value is -0.290. The second-order valence-electron chi connectivity index (χ2n) is 4.35. The minimum Gasteiger partial charge on any atom is -0.372 e. The van der Waals surface area contributed by atoms with Gasteiger partial charge in [0.2, 0.25) is 0 Å². The molecule has 2 atom stereocenters. The van der Waals surface area contributed by atoms with E-state index < -0.39 is 12.8 Å². The van der Waals surface area contributed by atoms with Gasteiger partial charge < -0.3 is 10.5 Å². The van der Waals surface area contributed by atoms with Crippen molar-refractivity contribution in [2.24, 2.45) is 11.7 Å². The maximum Gasteiger partial charge on any atom is 0.411 e. The zero-order valence-corrected chi connectivity index (χ0v) is 10.0. The number of nitrogens with two attached hydrogens (primary N) is 1. The van der Waals surface area contributed by atoms with Crippen LogP contribution in [0.25, 0.3) is 0 Å². The largest absolute Gasteiger partial charge is 0.411 e. The summed E-state index contributed by atoms with van der Waals surface area (Å²) in [5.74, 6) is 0.530. The van der Waals surface area contributed by atoms with E-state index in [1.165, 1.54) is 0 Å². The topological polar surface area (TPSA) is 35.2 Å². The summed E-state index contributed by atoms with van der Waals surface area (Å²) >= 11 is 0. The predicted octanol–water partition coefficient (Wildman–Crippen LogP) is 3.11. The molecule has 98 valence electrons. The van der Waals surface area contributed by atoms with Gasteiger partial charge in [-0.05, 0) is 18.8 Å². The average Bonchev–Trinajstić information content (AvgIpc) is 2.11. The Morgan fingerprint density at radius 2 is 1.88 bits per heavy atom. The van der Waals surface area contributed by atoms with Crippen molar-refractivity contribution in [2.45, 2.75) is 51.7 Å². The second kappa shape index (κ2) is 7.90. The molecular weight excluding hydrogens is 219 g/mol. The smallest absolute Gasteiger partial charge is 0.372 e. The van der Waals surface area contributed by atoms with Crippen LogP contribution in [0.1, 0.15) is 39.5 Å². The Bertz CT molecular complexity index is 173. The summed E-state index contributed by atoms with van der Waals surface area (Å²) in [7, 11) is 0.